The van der Waals surface area contributed by atoms with Crippen LogP contribution in [0.25, 0.3) is 0 Å². The molecule has 0 bridgehead atoms. The zero-order valence-electron chi connectivity index (χ0n) is 17.0. The molecule has 2 aromatic rings. The first-order valence-corrected chi connectivity index (χ1v) is 10.4. The quantitative estimate of drug-likeness (QED) is 0.412. The van der Waals surface area contributed by atoms with E-state index in [-0.39, 0.29) is 12.4 Å². The largest absolute Gasteiger partial charge is 0.497 e. The Morgan fingerprint density at radius 2 is 1.79 bits per heavy atom. The van der Waals surface area contributed by atoms with Gasteiger partial charge in [0, 0.05) is 22.9 Å². The zero-order valence-corrected chi connectivity index (χ0v) is 17.8. The fraction of sp³-hybridized carbons (Fsp3) is 0.500. The van der Waals surface area contributed by atoms with Gasteiger partial charge in [0.05, 0.1) is 25.7 Å². The Morgan fingerprint density at radius 1 is 1.11 bits per heavy atom. The molecule has 1 unspecified atom stereocenters. The number of unbranched alkanes of at least 4 members (excludes halogenated alkanes) is 1. The van der Waals surface area contributed by atoms with Gasteiger partial charge in [-0.1, -0.05) is 0 Å². The number of aryl methyl sites for hydroxylation is 2. The Labute approximate surface area is 171 Å². The van der Waals surface area contributed by atoms with Crippen LogP contribution in [0.4, 0.5) is 0 Å². The van der Waals surface area contributed by atoms with E-state index in [0.717, 1.165) is 52.5 Å². The number of benzene rings is 1. The molecule has 0 amide bonds. The number of aliphatic hydroxyl groups is 1. The number of nitrogens with two attached hydrogens (primary N) is 1. The van der Waals surface area contributed by atoms with E-state index in [1.807, 2.05) is 37.3 Å². The van der Waals surface area contributed by atoms with Crippen molar-refractivity contribution in [1.82, 2.24) is 0 Å². The maximum Gasteiger partial charge on any atom is 0.172 e. The Balaban J connectivity index is 1.79. The molecule has 0 aliphatic carbocycles. The summed E-state index contributed by atoms with van der Waals surface area (Å²) < 4.78 is 10.6. The minimum Gasteiger partial charge on any atom is -0.497 e. The number of hydrogen-bond donors (Lipinski definition) is 2. The highest BCUT2D eigenvalue weighted by molar-refractivity contribution is 7.14. The molecule has 1 atom stereocenters. The van der Waals surface area contributed by atoms with Crippen LogP contribution in [0.3, 0.4) is 0 Å². The lowest BCUT2D eigenvalue weighted by Gasteiger charge is -2.20. The van der Waals surface area contributed by atoms with E-state index in [9.17, 15) is 9.90 Å². The van der Waals surface area contributed by atoms with Crippen molar-refractivity contribution in [1.29, 1.82) is 0 Å². The Morgan fingerprint density at radius 3 is 2.39 bits per heavy atom. The maximum atomic E-state index is 12.4. The minimum atomic E-state index is -0.572. The van der Waals surface area contributed by atoms with Gasteiger partial charge in [0.1, 0.15) is 11.5 Å². The topological polar surface area (TPSA) is 81.8 Å². The van der Waals surface area contributed by atoms with Gasteiger partial charge in [0.25, 0.3) is 0 Å². The lowest BCUT2D eigenvalue weighted by atomic mass is 9.98. The van der Waals surface area contributed by atoms with Gasteiger partial charge in [-0.2, -0.15) is 0 Å². The van der Waals surface area contributed by atoms with Crippen LogP contribution >= 0.6 is 11.3 Å². The molecule has 0 saturated heterocycles. The number of methoxy groups -OCH3 is 2. The van der Waals surface area contributed by atoms with E-state index < -0.39 is 5.54 Å². The average Bonchev–Trinajstić information content (AvgIpc) is 3.18. The van der Waals surface area contributed by atoms with Gasteiger partial charge in [0.2, 0.25) is 0 Å². The molecule has 0 fully saturated rings. The fourth-order valence-corrected chi connectivity index (χ4v) is 3.87. The molecule has 0 spiro atoms. The summed E-state index contributed by atoms with van der Waals surface area (Å²) in [7, 11) is 3.29. The molecule has 1 heterocycles. The van der Waals surface area contributed by atoms with Crippen LogP contribution in [-0.2, 0) is 12.8 Å². The lowest BCUT2D eigenvalue weighted by Crippen LogP contribution is -2.40. The van der Waals surface area contributed by atoms with Crippen LogP contribution in [0.15, 0.2) is 30.3 Å². The van der Waals surface area contributed by atoms with E-state index in [4.69, 9.17) is 15.2 Å². The van der Waals surface area contributed by atoms with Gasteiger partial charge in [-0.15, -0.1) is 11.3 Å². The van der Waals surface area contributed by atoms with Crippen molar-refractivity contribution in [3.63, 3.8) is 0 Å². The zero-order chi connectivity index (χ0) is 20.6. The summed E-state index contributed by atoms with van der Waals surface area (Å²) in [6.07, 6.45) is 4.68. The Bertz CT molecular complexity index is 747. The summed E-state index contributed by atoms with van der Waals surface area (Å²) >= 11 is 1.54. The predicted octanol–water partition coefficient (Wildman–Crippen LogP) is 4.00. The highest BCUT2D eigenvalue weighted by atomic mass is 32.1. The monoisotopic (exact) mass is 405 g/mol. The van der Waals surface area contributed by atoms with Crippen LogP contribution in [0.2, 0.25) is 0 Å². The van der Waals surface area contributed by atoms with E-state index >= 15 is 0 Å². The van der Waals surface area contributed by atoms with E-state index in [1.165, 1.54) is 11.3 Å². The molecule has 28 heavy (non-hydrogen) atoms. The molecule has 0 radical (unpaired) electrons. The molecular formula is C22H31NO4S. The van der Waals surface area contributed by atoms with Gasteiger partial charge in [-0.3, -0.25) is 4.79 Å². The molecular weight excluding hydrogens is 374 g/mol. The standard InChI is InChI=1S/C22H31NO4S/c1-22(23,15-24)11-10-19-8-9-21(28-19)20(25)7-5-4-6-16-12-17(26-2)14-18(13-16)27-3/h8-9,12-14,24H,4-7,10-11,15,23H2,1-3H3. The first-order valence-electron chi connectivity index (χ1n) is 9.60. The second kappa shape index (κ2) is 10.6. The molecule has 1 aromatic heterocycles. The smallest absolute Gasteiger partial charge is 0.172 e. The Kier molecular flexibility index (Phi) is 8.48. The molecule has 0 aliphatic rings. The maximum absolute atomic E-state index is 12.4. The molecule has 3 N–H and O–H groups in total. The highest BCUT2D eigenvalue weighted by Gasteiger charge is 2.17. The number of Topliss-reactive ketones (excluding diaryl/α,β-unsaturated/α-hetero) is 1. The van der Waals surface area contributed by atoms with Crippen molar-refractivity contribution < 1.29 is 19.4 Å². The number of carbonyl (C=O) groups excluding carboxylic acids is 1. The third-order valence-electron chi connectivity index (χ3n) is 4.77. The van der Waals surface area contributed by atoms with Gasteiger partial charge < -0.3 is 20.3 Å². The molecule has 1 aromatic carbocycles. The summed E-state index contributed by atoms with van der Waals surface area (Å²) in [6, 6.07) is 9.77. The van der Waals surface area contributed by atoms with Gasteiger partial charge in [-0.25, -0.2) is 0 Å². The number of ketones is 1. The molecule has 0 saturated carbocycles. The van der Waals surface area contributed by atoms with Crippen molar-refractivity contribution >= 4 is 17.1 Å². The van der Waals surface area contributed by atoms with Crippen molar-refractivity contribution in [3.05, 3.63) is 45.6 Å². The van der Waals surface area contributed by atoms with Crippen molar-refractivity contribution in [3.8, 4) is 11.5 Å². The van der Waals surface area contributed by atoms with Crippen LogP contribution in [0.5, 0.6) is 11.5 Å². The minimum absolute atomic E-state index is 0.0384. The van der Waals surface area contributed by atoms with Gasteiger partial charge in [-0.05, 0) is 68.9 Å². The SMILES string of the molecule is COc1cc(CCCCC(=O)c2ccc(CCC(C)(N)CO)s2)cc(OC)c1. The Hall–Kier alpha value is -1.89. The summed E-state index contributed by atoms with van der Waals surface area (Å²) in [5, 5.41) is 9.24. The number of thiophene rings is 1. The molecule has 6 heteroatoms. The first-order chi connectivity index (χ1) is 13.4. The summed E-state index contributed by atoms with van der Waals surface area (Å²) in [6.45, 7) is 1.80. The van der Waals surface area contributed by atoms with Crippen LogP contribution in [0, 0.1) is 0 Å². The van der Waals surface area contributed by atoms with Gasteiger partial charge in [0.15, 0.2) is 5.78 Å². The van der Waals surface area contributed by atoms with E-state index in [2.05, 4.69) is 0 Å². The number of aliphatic hydroxyl groups excluding tert-OH is 1. The number of rotatable bonds is 12. The molecule has 5 nitrogen and oxygen atoms in total. The first kappa shape index (κ1) is 22.4. The van der Waals surface area contributed by atoms with Crippen LogP contribution < -0.4 is 15.2 Å². The highest BCUT2D eigenvalue weighted by Crippen LogP contribution is 2.25. The normalized spacial score (nSPS) is 13.2. The third-order valence-corrected chi connectivity index (χ3v) is 5.96. The molecule has 0 aliphatic heterocycles. The summed E-state index contributed by atoms with van der Waals surface area (Å²) in [5.41, 5.74) is 6.54. The van der Waals surface area contributed by atoms with Crippen LogP contribution in [0.1, 0.15) is 52.7 Å². The molecule has 2 rings (SSSR count). The predicted molar refractivity (Wildman–Crippen MR) is 114 cm³/mol. The number of ether oxygens (including phenoxy) is 2. The van der Waals surface area contributed by atoms with Crippen LogP contribution in [-0.4, -0.2) is 37.3 Å². The number of carbonyl (C=O) groups is 1. The van der Waals surface area contributed by atoms with Crippen molar-refractivity contribution in [2.75, 3.05) is 20.8 Å². The van der Waals surface area contributed by atoms with Crippen molar-refractivity contribution in [2.45, 2.75) is 51.0 Å². The second-order valence-corrected chi connectivity index (χ2v) is 8.60. The fourth-order valence-electron chi connectivity index (χ4n) is 2.90. The third kappa shape index (κ3) is 6.93. The van der Waals surface area contributed by atoms with Crippen molar-refractivity contribution in [2.24, 2.45) is 5.73 Å². The van der Waals surface area contributed by atoms with E-state index in [0.29, 0.717) is 12.8 Å². The molecule has 154 valence electrons. The average molecular weight is 406 g/mol. The summed E-state index contributed by atoms with van der Waals surface area (Å²) in [5.74, 6) is 1.76. The van der Waals surface area contributed by atoms with E-state index in [1.54, 1.807) is 14.2 Å². The lowest BCUT2D eigenvalue weighted by molar-refractivity contribution is 0.0983. The summed E-state index contributed by atoms with van der Waals surface area (Å²) in [4.78, 5) is 14.4. The second-order valence-electron chi connectivity index (χ2n) is 7.43. The number of hydrogen-bond acceptors (Lipinski definition) is 6. The van der Waals surface area contributed by atoms with Gasteiger partial charge >= 0.3 is 0 Å².